The van der Waals surface area contributed by atoms with Crippen molar-refractivity contribution in [3.8, 4) is 0 Å². The quantitative estimate of drug-likeness (QED) is 0.628. The molecule has 0 saturated heterocycles. The molecular formula is C12H9ClF2N2O2S2. The molecule has 0 aliphatic heterocycles. The number of thiazole rings is 1. The van der Waals surface area contributed by atoms with E-state index in [1.165, 1.54) is 7.11 Å². The van der Waals surface area contributed by atoms with Crippen molar-refractivity contribution in [2.24, 2.45) is 0 Å². The molecule has 1 aromatic heterocycles. The Bertz CT molecular complexity index is 652. The summed E-state index contributed by atoms with van der Waals surface area (Å²) in [6.07, 6.45) is 0. The van der Waals surface area contributed by atoms with Gasteiger partial charge in [0.15, 0.2) is 15.2 Å². The Labute approximate surface area is 132 Å². The molecule has 112 valence electrons. The van der Waals surface area contributed by atoms with Gasteiger partial charge >= 0.3 is 5.97 Å². The van der Waals surface area contributed by atoms with Crippen molar-refractivity contribution in [3.05, 3.63) is 34.3 Å². The predicted molar refractivity (Wildman–Crippen MR) is 80.0 cm³/mol. The van der Waals surface area contributed by atoms with Crippen LogP contribution in [0.1, 0.15) is 9.67 Å². The van der Waals surface area contributed by atoms with Gasteiger partial charge in [0.25, 0.3) is 5.76 Å². The summed E-state index contributed by atoms with van der Waals surface area (Å²) in [7, 11) is 1.24. The molecule has 0 amide bonds. The molecule has 0 spiro atoms. The maximum absolute atomic E-state index is 12.5. The van der Waals surface area contributed by atoms with Gasteiger partial charge in [-0.15, -0.1) is 0 Å². The second kappa shape index (κ2) is 7.06. The van der Waals surface area contributed by atoms with E-state index in [9.17, 15) is 13.6 Å². The number of aromatic nitrogens is 1. The molecule has 0 fully saturated rings. The molecular weight excluding hydrogens is 342 g/mol. The summed E-state index contributed by atoms with van der Waals surface area (Å²) in [5.41, 5.74) is 0.463. The van der Waals surface area contributed by atoms with Crippen LogP contribution >= 0.6 is 34.7 Å². The van der Waals surface area contributed by atoms with Gasteiger partial charge in [0.2, 0.25) is 0 Å². The Balaban J connectivity index is 2.24. The Kier molecular flexibility index (Phi) is 5.38. The van der Waals surface area contributed by atoms with Crippen molar-refractivity contribution >= 4 is 51.5 Å². The van der Waals surface area contributed by atoms with E-state index in [4.69, 9.17) is 11.6 Å². The van der Waals surface area contributed by atoms with Gasteiger partial charge in [-0.2, -0.15) is 8.78 Å². The summed E-state index contributed by atoms with van der Waals surface area (Å²) >= 11 is 7.25. The SMILES string of the molecule is COC(=O)c1sc(Nc2ccccc2SC(F)F)nc1Cl. The fourth-order valence-electron chi connectivity index (χ4n) is 1.46. The number of methoxy groups -OCH3 is 1. The number of rotatable bonds is 5. The molecule has 0 aliphatic rings. The Morgan fingerprint density at radius 1 is 1.48 bits per heavy atom. The third-order valence-electron chi connectivity index (χ3n) is 2.30. The molecule has 0 unspecified atom stereocenters. The van der Waals surface area contributed by atoms with Crippen LogP contribution in [0.4, 0.5) is 19.6 Å². The van der Waals surface area contributed by atoms with Crippen molar-refractivity contribution in [2.75, 3.05) is 12.4 Å². The van der Waals surface area contributed by atoms with Gasteiger partial charge in [0, 0.05) is 4.90 Å². The summed E-state index contributed by atoms with van der Waals surface area (Å²) in [5.74, 6) is -3.13. The highest BCUT2D eigenvalue weighted by atomic mass is 35.5. The fourth-order valence-corrected chi connectivity index (χ4v) is 3.17. The van der Waals surface area contributed by atoms with E-state index in [1.54, 1.807) is 24.3 Å². The van der Waals surface area contributed by atoms with Crippen LogP contribution in [0.15, 0.2) is 29.2 Å². The normalized spacial score (nSPS) is 10.7. The second-order valence-corrected chi connectivity index (χ2v) is 6.02. The lowest BCUT2D eigenvalue weighted by atomic mass is 10.3. The smallest absolute Gasteiger partial charge is 0.351 e. The summed E-state index contributed by atoms with van der Waals surface area (Å²) < 4.78 is 29.6. The first kappa shape index (κ1) is 16.0. The third-order valence-corrected chi connectivity index (χ3v) is 4.43. The van der Waals surface area contributed by atoms with Gasteiger partial charge in [-0.25, -0.2) is 9.78 Å². The molecule has 21 heavy (non-hydrogen) atoms. The van der Waals surface area contributed by atoms with Crippen molar-refractivity contribution in [3.63, 3.8) is 0 Å². The Morgan fingerprint density at radius 2 is 2.19 bits per heavy atom. The zero-order valence-electron chi connectivity index (χ0n) is 10.6. The summed E-state index contributed by atoms with van der Waals surface area (Å²) in [6, 6.07) is 6.56. The molecule has 0 radical (unpaired) electrons. The van der Waals surface area contributed by atoms with E-state index in [-0.39, 0.29) is 10.0 Å². The third kappa shape index (κ3) is 4.05. The van der Waals surface area contributed by atoms with Crippen LogP contribution in [-0.4, -0.2) is 23.8 Å². The highest BCUT2D eigenvalue weighted by Gasteiger charge is 2.18. The van der Waals surface area contributed by atoms with E-state index in [1.807, 2.05) is 0 Å². The zero-order valence-corrected chi connectivity index (χ0v) is 13.0. The monoisotopic (exact) mass is 350 g/mol. The van der Waals surface area contributed by atoms with Gasteiger partial charge in [0.05, 0.1) is 12.8 Å². The summed E-state index contributed by atoms with van der Waals surface area (Å²) in [4.78, 5) is 15.9. The number of ether oxygens (including phenoxy) is 1. The van der Waals surface area contributed by atoms with Crippen LogP contribution in [0.3, 0.4) is 0 Å². The number of alkyl halides is 2. The summed E-state index contributed by atoms with van der Waals surface area (Å²) in [5, 5.41) is 3.21. The van der Waals surface area contributed by atoms with E-state index in [0.29, 0.717) is 27.5 Å². The van der Waals surface area contributed by atoms with Crippen LogP contribution in [-0.2, 0) is 4.74 Å². The van der Waals surface area contributed by atoms with Gasteiger partial charge in [0.1, 0.15) is 0 Å². The lowest BCUT2D eigenvalue weighted by molar-refractivity contribution is 0.0606. The number of halogens is 3. The number of anilines is 2. The topological polar surface area (TPSA) is 51.2 Å². The second-order valence-electron chi connectivity index (χ2n) is 3.63. The standard InChI is InChI=1S/C12H9ClF2N2O2S2/c1-19-10(18)8-9(13)17-12(21-8)16-6-4-2-3-5-7(6)20-11(14)15/h2-5,11H,1H3,(H,16,17). The van der Waals surface area contributed by atoms with Crippen molar-refractivity contribution in [1.82, 2.24) is 4.98 Å². The van der Waals surface area contributed by atoms with Crippen molar-refractivity contribution in [1.29, 1.82) is 0 Å². The predicted octanol–water partition coefficient (Wildman–Crippen LogP) is 4.64. The molecule has 0 saturated carbocycles. The van der Waals surface area contributed by atoms with E-state index in [0.717, 1.165) is 11.3 Å². The molecule has 0 atom stereocenters. The lowest BCUT2D eigenvalue weighted by Crippen LogP contribution is -1.98. The number of para-hydroxylation sites is 1. The van der Waals surface area contributed by atoms with Crippen LogP contribution in [0.2, 0.25) is 5.15 Å². The number of carbonyl (C=O) groups excluding carboxylic acids is 1. The van der Waals surface area contributed by atoms with Crippen LogP contribution < -0.4 is 5.32 Å². The average Bonchev–Trinajstić information content (AvgIpc) is 2.80. The fraction of sp³-hybridized carbons (Fsp3) is 0.167. The average molecular weight is 351 g/mol. The minimum atomic E-state index is -2.53. The van der Waals surface area contributed by atoms with E-state index in [2.05, 4.69) is 15.0 Å². The Hall–Kier alpha value is -1.38. The van der Waals surface area contributed by atoms with E-state index < -0.39 is 11.7 Å². The van der Waals surface area contributed by atoms with Crippen LogP contribution in [0.25, 0.3) is 0 Å². The van der Waals surface area contributed by atoms with Crippen LogP contribution in [0.5, 0.6) is 0 Å². The highest BCUT2D eigenvalue weighted by Crippen LogP contribution is 2.35. The number of nitrogens with one attached hydrogen (secondary N) is 1. The van der Waals surface area contributed by atoms with Gasteiger partial charge in [-0.05, 0) is 12.1 Å². The van der Waals surface area contributed by atoms with Gasteiger partial charge in [-0.1, -0.05) is 46.8 Å². The minimum absolute atomic E-state index is 0.00773. The Morgan fingerprint density at radius 3 is 2.86 bits per heavy atom. The number of thioether (sulfide) groups is 1. The molecule has 0 aliphatic carbocycles. The minimum Gasteiger partial charge on any atom is -0.465 e. The zero-order chi connectivity index (χ0) is 15.4. The first-order chi connectivity index (χ1) is 10.0. The van der Waals surface area contributed by atoms with Gasteiger partial charge < -0.3 is 10.1 Å². The molecule has 2 aromatic rings. The maximum Gasteiger partial charge on any atom is 0.351 e. The molecule has 4 nitrogen and oxygen atoms in total. The van der Waals surface area contributed by atoms with E-state index >= 15 is 0 Å². The summed E-state index contributed by atoms with van der Waals surface area (Å²) in [6.45, 7) is 0. The molecule has 2 rings (SSSR count). The number of hydrogen-bond donors (Lipinski definition) is 1. The number of carbonyl (C=O) groups is 1. The number of benzene rings is 1. The first-order valence-corrected chi connectivity index (χ1v) is 7.64. The van der Waals surface area contributed by atoms with Crippen molar-refractivity contribution in [2.45, 2.75) is 10.7 Å². The van der Waals surface area contributed by atoms with Crippen LogP contribution in [0, 0.1) is 0 Å². The number of nitrogens with zero attached hydrogens (tertiary/aromatic N) is 1. The molecule has 1 heterocycles. The number of hydrogen-bond acceptors (Lipinski definition) is 6. The molecule has 0 bridgehead atoms. The molecule has 1 N–H and O–H groups in total. The lowest BCUT2D eigenvalue weighted by Gasteiger charge is -2.08. The number of esters is 1. The molecule has 1 aromatic carbocycles. The van der Waals surface area contributed by atoms with Crippen molar-refractivity contribution < 1.29 is 18.3 Å². The largest absolute Gasteiger partial charge is 0.465 e. The molecule has 9 heteroatoms. The van der Waals surface area contributed by atoms with Gasteiger partial charge in [-0.3, -0.25) is 0 Å². The maximum atomic E-state index is 12.5. The highest BCUT2D eigenvalue weighted by molar-refractivity contribution is 7.99. The first-order valence-electron chi connectivity index (χ1n) is 5.56.